The molecule has 0 bridgehead atoms. The summed E-state index contributed by atoms with van der Waals surface area (Å²) in [6, 6.07) is 4.62. The smallest absolute Gasteiger partial charge is 0.401 e. The van der Waals surface area contributed by atoms with Crippen molar-refractivity contribution in [3.63, 3.8) is 0 Å². The molecule has 0 saturated carbocycles. The second kappa shape index (κ2) is 7.14. The molecule has 20 heavy (non-hydrogen) atoms. The molecule has 112 valence electrons. The third-order valence-electron chi connectivity index (χ3n) is 2.42. The number of alkyl halides is 3. The van der Waals surface area contributed by atoms with Gasteiger partial charge in [0.15, 0.2) is 0 Å². The summed E-state index contributed by atoms with van der Waals surface area (Å²) in [6.07, 6.45) is -3.69. The maximum Gasteiger partial charge on any atom is 0.401 e. The van der Waals surface area contributed by atoms with Crippen LogP contribution in [0.5, 0.6) is 5.75 Å². The van der Waals surface area contributed by atoms with Crippen molar-refractivity contribution in [1.82, 2.24) is 5.32 Å². The van der Waals surface area contributed by atoms with Crippen LogP contribution >= 0.6 is 0 Å². The average molecular weight is 291 g/mol. The minimum Gasteiger partial charge on any atom is -0.494 e. The van der Waals surface area contributed by atoms with Gasteiger partial charge in [0.05, 0.1) is 13.2 Å². The first kappa shape index (κ1) is 16.3. The Morgan fingerprint density at radius 2 is 2.15 bits per heavy atom. The second-order valence-electron chi connectivity index (χ2n) is 4.19. The van der Waals surface area contributed by atoms with E-state index in [2.05, 4.69) is 0 Å². The van der Waals surface area contributed by atoms with Crippen LogP contribution in [-0.2, 0) is 4.79 Å². The summed E-state index contributed by atoms with van der Waals surface area (Å²) in [5.74, 6) is -0.939. The van der Waals surface area contributed by atoms with Gasteiger partial charge in [0.1, 0.15) is 11.8 Å². The highest BCUT2D eigenvalue weighted by molar-refractivity contribution is 5.75. The zero-order chi connectivity index (χ0) is 15.2. The van der Waals surface area contributed by atoms with Crippen molar-refractivity contribution in [1.29, 1.82) is 0 Å². The van der Waals surface area contributed by atoms with E-state index >= 15 is 0 Å². The number of benzene rings is 1. The highest BCUT2D eigenvalue weighted by Gasteiger charge is 2.30. The largest absolute Gasteiger partial charge is 0.494 e. The first-order valence-corrected chi connectivity index (χ1v) is 6.09. The number of hydrogen-bond acceptors (Lipinski definition) is 3. The first-order valence-electron chi connectivity index (χ1n) is 6.09. The maximum atomic E-state index is 12.2. The van der Waals surface area contributed by atoms with Crippen molar-refractivity contribution >= 4 is 5.97 Å². The monoisotopic (exact) mass is 291 g/mol. The van der Waals surface area contributed by atoms with Crippen molar-refractivity contribution in [2.24, 2.45) is 0 Å². The maximum absolute atomic E-state index is 12.2. The zero-order valence-corrected chi connectivity index (χ0v) is 10.9. The summed E-state index contributed by atoms with van der Waals surface area (Å²) < 4.78 is 41.8. The Hall–Kier alpha value is -1.76. The number of carbonyl (C=O) groups is 1. The van der Waals surface area contributed by atoms with E-state index in [1.165, 1.54) is 12.1 Å². The molecule has 1 aromatic rings. The lowest BCUT2D eigenvalue weighted by Gasteiger charge is -2.17. The Morgan fingerprint density at radius 3 is 2.70 bits per heavy atom. The Kier molecular flexibility index (Phi) is 5.82. The van der Waals surface area contributed by atoms with E-state index in [-0.39, 0.29) is 5.56 Å². The first-order chi connectivity index (χ1) is 9.33. The Balaban J connectivity index is 2.83. The van der Waals surface area contributed by atoms with E-state index in [0.29, 0.717) is 12.4 Å². The highest BCUT2D eigenvalue weighted by Crippen LogP contribution is 2.21. The molecule has 1 aromatic carbocycles. The fourth-order valence-corrected chi connectivity index (χ4v) is 1.57. The van der Waals surface area contributed by atoms with Crippen LogP contribution in [0.15, 0.2) is 24.3 Å². The Labute approximate surface area is 114 Å². The van der Waals surface area contributed by atoms with E-state index in [9.17, 15) is 18.0 Å². The third-order valence-corrected chi connectivity index (χ3v) is 2.42. The van der Waals surface area contributed by atoms with Crippen LogP contribution in [0.1, 0.15) is 24.9 Å². The van der Waals surface area contributed by atoms with Crippen LogP contribution in [0, 0.1) is 0 Å². The molecule has 4 nitrogen and oxygen atoms in total. The van der Waals surface area contributed by atoms with Gasteiger partial charge >= 0.3 is 12.1 Å². The molecule has 1 atom stereocenters. The summed E-state index contributed by atoms with van der Waals surface area (Å²) in [5.41, 5.74) is 0.218. The summed E-state index contributed by atoms with van der Waals surface area (Å²) in [5, 5.41) is 11.0. The van der Waals surface area contributed by atoms with Gasteiger partial charge in [-0.15, -0.1) is 0 Å². The molecule has 0 amide bonds. The topological polar surface area (TPSA) is 58.6 Å². The van der Waals surface area contributed by atoms with E-state index in [4.69, 9.17) is 9.84 Å². The molecule has 0 spiro atoms. The minimum absolute atomic E-state index is 0.218. The van der Waals surface area contributed by atoms with E-state index < -0.39 is 24.7 Å². The van der Waals surface area contributed by atoms with Gasteiger partial charge in [0.2, 0.25) is 0 Å². The molecular formula is C13H16F3NO3. The SMILES string of the molecule is CCCOc1cccc(C(NCC(F)(F)F)C(=O)O)c1. The van der Waals surface area contributed by atoms with Gasteiger partial charge in [-0.25, -0.2) is 0 Å². The number of nitrogens with one attached hydrogen (secondary N) is 1. The summed E-state index contributed by atoms with van der Waals surface area (Å²) in [7, 11) is 0. The van der Waals surface area contributed by atoms with Crippen molar-refractivity contribution < 1.29 is 27.8 Å². The highest BCUT2D eigenvalue weighted by atomic mass is 19.4. The number of carboxylic acid groups (broad SMARTS) is 1. The quantitative estimate of drug-likeness (QED) is 0.811. The van der Waals surface area contributed by atoms with Gasteiger partial charge in [0, 0.05) is 0 Å². The standard InChI is InChI=1S/C13H16F3NO3/c1-2-6-20-10-5-3-4-9(7-10)11(12(18)19)17-8-13(14,15)16/h3-5,7,11,17H,2,6,8H2,1H3,(H,18,19). The summed E-state index contributed by atoms with van der Waals surface area (Å²) >= 11 is 0. The molecule has 0 heterocycles. The molecule has 0 fully saturated rings. The van der Waals surface area contributed by atoms with Crippen molar-refractivity contribution in [3.8, 4) is 5.75 Å². The van der Waals surface area contributed by atoms with E-state index in [1.807, 2.05) is 12.2 Å². The lowest BCUT2D eigenvalue weighted by molar-refractivity contribution is -0.143. The van der Waals surface area contributed by atoms with Crippen LogP contribution in [0.25, 0.3) is 0 Å². The van der Waals surface area contributed by atoms with Crippen LogP contribution in [-0.4, -0.2) is 30.4 Å². The van der Waals surface area contributed by atoms with Crippen molar-refractivity contribution in [2.45, 2.75) is 25.6 Å². The van der Waals surface area contributed by atoms with Gasteiger partial charge in [-0.05, 0) is 24.1 Å². The molecule has 0 saturated heterocycles. The van der Waals surface area contributed by atoms with Crippen molar-refractivity contribution in [3.05, 3.63) is 29.8 Å². The number of halogens is 3. The molecule has 0 aliphatic carbocycles. The number of hydrogen-bond donors (Lipinski definition) is 2. The molecule has 7 heteroatoms. The van der Waals surface area contributed by atoms with E-state index in [1.54, 1.807) is 12.1 Å². The molecule has 0 aliphatic heterocycles. The Morgan fingerprint density at radius 1 is 1.45 bits per heavy atom. The number of aliphatic carboxylic acids is 1. The number of rotatable bonds is 7. The number of ether oxygens (including phenoxy) is 1. The molecule has 1 rings (SSSR count). The summed E-state index contributed by atoms with van der Waals surface area (Å²) in [6.45, 7) is 0.996. The summed E-state index contributed by atoms with van der Waals surface area (Å²) in [4.78, 5) is 11.1. The minimum atomic E-state index is -4.47. The third kappa shape index (κ3) is 5.48. The van der Waals surface area contributed by atoms with Crippen LogP contribution in [0.3, 0.4) is 0 Å². The normalized spacial score (nSPS) is 13.0. The van der Waals surface area contributed by atoms with Crippen LogP contribution in [0.4, 0.5) is 13.2 Å². The molecule has 2 N–H and O–H groups in total. The molecular weight excluding hydrogens is 275 g/mol. The molecule has 0 aromatic heterocycles. The Bertz CT molecular complexity index is 449. The zero-order valence-electron chi connectivity index (χ0n) is 10.9. The van der Waals surface area contributed by atoms with Crippen LogP contribution < -0.4 is 10.1 Å². The fraction of sp³-hybridized carbons (Fsp3) is 0.462. The average Bonchev–Trinajstić information content (AvgIpc) is 2.35. The van der Waals surface area contributed by atoms with Gasteiger partial charge in [-0.1, -0.05) is 19.1 Å². The van der Waals surface area contributed by atoms with Gasteiger partial charge in [-0.2, -0.15) is 13.2 Å². The van der Waals surface area contributed by atoms with Gasteiger partial charge < -0.3 is 9.84 Å². The number of carboxylic acids is 1. The van der Waals surface area contributed by atoms with Gasteiger partial charge in [-0.3, -0.25) is 10.1 Å². The fourth-order valence-electron chi connectivity index (χ4n) is 1.57. The molecule has 0 aliphatic rings. The lowest BCUT2D eigenvalue weighted by atomic mass is 10.1. The van der Waals surface area contributed by atoms with Crippen LogP contribution in [0.2, 0.25) is 0 Å². The van der Waals surface area contributed by atoms with E-state index in [0.717, 1.165) is 6.42 Å². The van der Waals surface area contributed by atoms with Crippen molar-refractivity contribution in [2.75, 3.05) is 13.2 Å². The lowest BCUT2D eigenvalue weighted by Crippen LogP contribution is -2.36. The predicted molar refractivity (Wildman–Crippen MR) is 66.7 cm³/mol. The molecule has 1 unspecified atom stereocenters. The predicted octanol–water partition coefficient (Wildman–Crippen LogP) is 2.75. The second-order valence-corrected chi connectivity index (χ2v) is 4.19. The molecule has 0 radical (unpaired) electrons. The van der Waals surface area contributed by atoms with Gasteiger partial charge in [0.25, 0.3) is 0 Å².